The molecule has 3 nitrogen and oxygen atoms in total. The molecule has 3 rings (SSSR count). The highest BCUT2D eigenvalue weighted by atomic mass is 32.2. The molecular formula is C20H22N2OS. The summed E-state index contributed by atoms with van der Waals surface area (Å²) >= 11 is 1.66. The summed E-state index contributed by atoms with van der Waals surface area (Å²) in [5.41, 5.74) is 5.97. The van der Waals surface area contributed by atoms with E-state index in [0.29, 0.717) is 12.3 Å². The van der Waals surface area contributed by atoms with Gasteiger partial charge in [-0.3, -0.25) is 4.79 Å². The largest absolute Gasteiger partial charge is 0.272 e. The quantitative estimate of drug-likeness (QED) is 0.819. The molecule has 0 spiro atoms. The molecule has 1 amide bonds. The molecule has 1 heterocycles. The first-order valence-electron chi connectivity index (χ1n) is 8.20. The van der Waals surface area contributed by atoms with Crippen LogP contribution in [0.3, 0.4) is 0 Å². The molecule has 0 saturated carbocycles. The van der Waals surface area contributed by atoms with E-state index in [1.807, 2.05) is 30.3 Å². The zero-order valence-corrected chi connectivity index (χ0v) is 15.0. The van der Waals surface area contributed by atoms with Crippen molar-refractivity contribution in [3.8, 4) is 0 Å². The van der Waals surface area contributed by atoms with Crippen LogP contribution in [0.25, 0.3) is 0 Å². The van der Waals surface area contributed by atoms with Gasteiger partial charge >= 0.3 is 0 Å². The van der Waals surface area contributed by atoms with Crippen LogP contribution in [0, 0.1) is 13.8 Å². The van der Waals surface area contributed by atoms with E-state index in [2.05, 4.69) is 37.1 Å². The van der Waals surface area contributed by atoms with E-state index >= 15 is 0 Å². The number of rotatable bonds is 5. The lowest BCUT2D eigenvalue weighted by atomic mass is 10.1. The number of carbonyl (C=O) groups excluding carboxylic acids is 1. The van der Waals surface area contributed by atoms with Crippen LogP contribution in [-0.2, 0) is 10.5 Å². The van der Waals surface area contributed by atoms with Gasteiger partial charge in [-0.05, 0) is 30.5 Å². The van der Waals surface area contributed by atoms with Crippen LogP contribution in [0.5, 0.6) is 0 Å². The topological polar surface area (TPSA) is 32.7 Å². The lowest BCUT2D eigenvalue weighted by Crippen LogP contribution is -2.25. The standard InChI is InChI=1S/C20H22N2OS/c1-15-8-9-16(2)18(12-15)13-24-14-20(23)22-11-10-19(21-22)17-6-4-3-5-7-17/h3-9,12H,10-11,13-14H2,1-2H3. The number of benzene rings is 2. The molecular weight excluding hydrogens is 316 g/mol. The van der Waals surface area contributed by atoms with E-state index in [-0.39, 0.29) is 5.91 Å². The van der Waals surface area contributed by atoms with Crippen LogP contribution in [-0.4, -0.2) is 28.9 Å². The van der Waals surface area contributed by atoms with Gasteiger partial charge in [0.2, 0.25) is 0 Å². The van der Waals surface area contributed by atoms with Gasteiger partial charge in [0.25, 0.3) is 5.91 Å². The van der Waals surface area contributed by atoms with Gasteiger partial charge in [0.15, 0.2) is 0 Å². The van der Waals surface area contributed by atoms with E-state index in [9.17, 15) is 4.79 Å². The molecule has 4 heteroatoms. The van der Waals surface area contributed by atoms with Crippen molar-refractivity contribution < 1.29 is 4.79 Å². The Morgan fingerprint density at radius 3 is 2.75 bits per heavy atom. The maximum absolute atomic E-state index is 12.4. The molecule has 0 saturated heterocycles. The van der Waals surface area contributed by atoms with Gasteiger partial charge in [0, 0.05) is 12.2 Å². The van der Waals surface area contributed by atoms with Gasteiger partial charge < -0.3 is 0 Å². The average Bonchev–Trinajstić information content (AvgIpc) is 3.09. The summed E-state index contributed by atoms with van der Waals surface area (Å²) in [6, 6.07) is 16.6. The summed E-state index contributed by atoms with van der Waals surface area (Å²) in [7, 11) is 0. The first-order valence-corrected chi connectivity index (χ1v) is 9.36. The Morgan fingerprint density at radius 1 is 1.17 bits per heavy atom. The van der Waals surface area contributed by atoms with E-state index < -0.39 is 0 Å². The zero-order chi connectivity index (χ0) is 16.9. The van der Waals surface area contributed by atoms with Gasteiger partial charge in [0.1, 0.15) is 0 Å². The summed E-state index contributed by atoms with van der Waals surface area (Å²) in [5, 5.41) is 6.13. The zero-order valence-electron chi connectivity index (χ0n) is 14.2. The van der Waals surface area contributed by atoms with Crippen molar-refractivity contribution in [2.45, 2.75) is 26.0 Å². The number of hydrazone groups is 1. The second-order valence-corrected chi connectivity index (χ2v) is 7.09. The lowest BCUT2D eigenvalue weighted by molar-refractivity contribution is -0.127. The number of hydrogen-bond acceptors (Lipinski definition) is 3. The number of amides is 1. The summed E-state index contributed by atoms with van der Waals surface area (Å²) in [4.78, 5) is 12.4. The minimum Gasteiger partial charge on any atom is -0.272 e. The SMILES string of the molecule is Cc1ccc(C)c(CSCC(=O)N2CCC(c3ccccc3)=N2)c1. The Balaban J connectivity index is 1.54. The van der Waals surface area contributed by atoms with Crippen molar-refractivity contribution in [2.24, 2.45) is 5.10 Å². The second-order valence-electron chi connectivity index (χ2n) is 6.10. The molecule has 2 aromatic rings. The molecule has 0 atom stereocenters. The molecule has 24 heavy (non-hydrogen) atoms. The van der Waals surface area contributed by atoms with Crippen molar-refractivity contribution >= 4 is 23.4 Å². The summed E-state index contributed by atoms with van der Waals surface area (Å²) in [6.07, 6.45) is 0.831. The predicted molar refractivity (Wildman–Crippen MR) is 101 cm³/mol. The van der Waals surface area contributed by atoms with Crippen molar-refractivity contribution in [3.05, 3.63) is 70.8 Å². The second kappa shape index (κ2) is 7.67. The molecule has 0 unspecified atom stereocenters. The molecule has 1 aliphatic heterocycles. The molecule has 0 fully saturated rings. The fraction of sp³-hybridized carbons (Fsp3) is 0.300. The van der Waals surface area contributed by atoms with E-state index in [0.717, 1.165) is 23.4 Å². The fourth-order valence-electron chi connectivity index (χ4n) is 2.75. The monoisotopic (exact) mass is 338 g/mol. The number of hydrogen-bond donors (Lipinski definition) is 0. The van der Waals surface area contributed by atoms with Crippen molar-refractivity contribution in [1.29, 1.82) is 0 Å². The molecule has 0 bridgehead atoms. The molecule has 0 N–H and O–H groups in total. The van der Waals surface area contributed by atoms with Gasteiger partial charge in [-0.2, -0.15) is 5.10 Å². The number of aryl methyl sites for hydroxylation is 2. The van der Waals surface area contributed by atoms with Crippen LogP contribution in [0.2, 0.25) is 0 Å². The van der Waals surface area contributed by atoms with Crippen LogP contribution in [0.15, 0.2) is 53.6 Å². The summed E-state index contributed by atoms with van der Waals surface area (Å²) in [6.45, 7) is 4.91. The maximum atomic E-state index is 12.4. The number of carbonyl (C=O) groups is 1. The Kier molecular flexibility index (Phi) is 5.36. The van der Waals surface area contributed by atoms with Crippen molar-refractivity contribution in [3.63, 3.8) is 0 Å². The highest BCUT2D eigenvalue weighted by Crippen LogP contribution is 2.20. The Hall–Kier alpha value is -2.07. The van der Waals surface area contributed by atoms with E-state index in [1.54, 1.807) is 16.8 Å². The van der Waals surface area contributed by atoms with Crippen LogP contribution >= 0.6 is 11.8 Å². The smallest absolute Gasteiger partial charge is 0.252 e. The molecule has 1 aliphatic rings. The molecule has 0 aliphatic carbocycles. The average molecular weight is 338 g/mol. The van der Waals surface area contributed by atoms with Gasteiger partial charge in [-0.15, -0.1) is 11.8 Å². The van der Waals surface area contributed by atoms with Crippen LogP contribution < -0.4 is 0 Å². The Morgan fingerprint density at radius 2 is 1.96 bits per heavy atom. The van der Waals surface area contributed by atoms with Gasteiger partial charge in [0.05, 0.1) is 18.0 Å². The Bertz CT molecular complexity index is 755. The first kappa shape index (κ1) is 16.8. The highest BCUT2D eigenvalue weighted by molar-refractivity contribution is 7.99. The van der Waals surface area contributed by atoms with Gasteiger partial charge in [-0.1, -0.05) is 54.1 Å². The molecule has 0 aromatic heterocycles. The summed E-state index contributed by atoms with van der Waals surface area (Å²) < 4.78 is 0. The minimum atomic E-state index is 0.0937. The normalized spacial score (nSPS) is 13.9. The highest BCUT2D eigenvalue weighted by Gasteiger charge is 2.21. The van der Waals surface area contributed by atoms with Crippen LogP contribution in [0.4, 0.5) is 0 Å². The number of thioether (sulfide) groups is 1. The molecule has 2 aromatic carbocycles. The third-order valence-corrected chi connectivity index (χ3v) is 5.15. The van der Waals surface area contributed by atoms with E-state index in [4.69, 9.17) is 0 Å². The first-order chi connectivity index (χ1) is 11.6. The molecule has 0 radical (unpaired) electrons. The van der Waals surface area contributed by atoms with Crippen LogP contribution in [0.1, 0.15) is 28.7 Å². The van der Waals surface area contributed by atoms with E-state index in [1.165, 1.54) is 16.7 Å². The fourth-order valence-corrected chi connectivity index (χ4v) is 3.71. The lowest BCUT2D eigenvalue weighted by Gasteiger charge is -2.11. The number of nitrogens with zero attached hydrogens (tertiary/aromatic N) is 2. The third-order valence-electron chi connectivity index (χ3n) is 4.18. The van der Waals surface area contributed by atoms with Gasteiger partial charge in [-0.25, -0.2) is 5.01 Å². The minimum absolute atomic E-state index is 0.0937. The van der Waals surface area contributed by atoms with Crippen molar-refractivity contribution in [1.82, 2.24) is 5.01 Å². The Labute approximate surface area is 147 Å². The third kappa shape index (κ3) is 4.06. The predicted octanol–water partition coefficient (Wildman–Crippen LogP) is 4.17. The summed E-state index contributed by atoms with van der Waals surface area (Å²) in [5.74, 6) is 1.43. The molecule has 124 valence electrons. The maximum Gasteiger partial charge on any atom is 0.252 e. The van der Waals surface area contributed by atoms with Crippen molar-refractivity contribution in [2.75, 3.05) is 12.3 Å².